The molecule has 3 fully saturated rings. The Balaban J connectivity index is 0.00000192. The number of halogens is 1. The molecule has 0 aromatic carbocycles. The van der Waals surface area contributed by atoms with Crippen LogP contribution in [0.4, 0.5) is 0 Å². The SMILES string of the molecule is CCOC1CC(N)(C(=O)NC2CCCC3OCCC23)C1(C)C.Cl. The number of hydrogen-bond donors (Lipinski definition) is 2. The highest BCUT2D eigenvalue weighted by atomic mass is 35.5. The van der Waals surface area contributed by atoms with Gasteiger partial charge in [0.25, 0.3) is 0 Å². The van der Waals surface area contributed by atoms with E-state index in [0.29, 0.717) is 25.0 Å². The van der Waals surface area contributed by atoms with E-state index in [0.717, 1.165) is 32.3 Å². The van der Waals surface area contributed by atoms with Gasteiger partial charge in [-0.15, -0.1) is 12.4 Å². The lowest BCUT2D eigenvalue weighted by Gasteiger charge is -2.58. The molecule has 0 radical (unpaired) electrons. The van der Waals surface area contributed by atoms with Crippen molar-refractivity contribution in [2.45, 2.75) is 76.7 Å². The van der Waals surface area contributed by atoms with Crippen molar-refractivity contribution in [3.63, 3.8) is 0 Å². The predicted octanol–water partition coefficient (Wildman–Crippen LogP) is 2.01. The van der Waals surface area contributed by atoms with Crippen molar-refractivity contribution in [2.24, 2.45) is 17.1 Å². The van der Waals surface area contributed by atoms with E-state index in [4.69, 9.17) is 15.2 Å². The maximum atomic E-state index is 12.8. The van der Waals surface area contributed by atoms with Crippen LogP contribution in [-0.2, 0) is 14.3 Å². The monoisotopic (exact) mass is 346 g/mol. The van der Waals surface area contributed by atoms with E-state index in [1.54, 1.807) is 0 Å². The van der Waals surface area contributed by atoms with Crippen LogP contribution in [0.5, 0.6) is 0 Å². The summed E-state index contributed by atoms with van der Waals surface area (Å²) in [6.07, 6.45) is 5.36. The molecule has 2 saturated carbocycles. The molecule has 1 aliphatic heterocycles. The number of nitrogens with one attached hydrogen (secondary N) is 1. The van der Waals surface area contributed by atoms with Gasteiger partial charge in [0.2, 0.25) is 5.91 Å². The first kappa shape index (κ1) is 19.0. The number of carbonyl (C=O) groups is 1. The summed E-state index contributed by atoms with van der Waals surface area (Å²) in [6.45, 7) is 7.55. The molecule has 5 unspecified atom stereocenters. The second kappa shape index (κ2) is 6.87. The number of nitrogens with two attached hydrogens (primary N) is 1. The first-order valence-electron chi connectivity index (χ1n) is 8.73. The van der Waals surface area contributed by atoms with Crippen LogP contribution in [-0.4, -0.2) is 42.9 Å². The Morgan fingerprint density at radius 2 is 2.09 bits per heavy atom. The summed E-state index contributed by atoms with van der Waals surface area (Å²) >= 11 is 0. The molecule has 3 N–H and O–H groups in total. The van der Waals surface area contributed by atoms with Gasteiger partial charge in [0.15, 0.2) is 0 Å². The van der Waals surface area contributed by atoms with Crippen LogP contribution in [0, 0.1) is 11.3 Å². The van der Waals surface area contributed by atoms with E-state index < -0.39 is 5.54 Å². The van der Waals surface area contributed by atoms with Crippen LogP contribution in [0.1, 0.15) is 52.9 Å². The molecule has 3 rings (SSSR count). The van der Waals surface area contributed by atoms with Gasteiger partial charge in [-0.05, 0) is 32.6 Å². The average Bonchev–Trinajstić information content (AvgIpc) is 2.96. The number of hydrogen-bond acceptors (Lipinski definition) is 4. The fourth-order valence-electron chi connectivity index (χ4n) is 4.47. The maximum Gasteiger partial charge on any atom is 0.241 e. The van der Waals surface area contributed by atoms with Gasteiger partial charge in [0.1, 0.15) is 5.54 Å². The Hall–Kier alpha value is -0.360. The Morgan fingerprint density at radius 3 is 2.74 bits per heavy atom. The molecule has 6 heteroatoms. The minimum Gasteiger partial charge on any atom is -0.378 e. The molecule has 2 aliphatic carbocycles. The Bertz CT molecular complexity index is 446. The Morgan fingerprint density at radius 1 is 1.35 bits per heavy atom. The van der Waals surface area contributed by atoms with Gasteiger partial charge in [0.05, 0.1) is 12.2 Å². The average molecular weight is 347 g/mol. The standard InChI is InChI=1S/C17H30N2O3.ClH/c1-4-21-14-10-17(18,16(14,2)3)15(20)19-12-6-5-7-13-11(12)8-9-22-13;/h11-14H,4-10,18H2,1-3H3,(H,19,20);1H. The molecule has 5 atom stereocenters. The van der Waals surface area contributed by atoms with Crippen LogP contribution in [0.2, 0.25) is 0 Å². The molecular weight excluding hydrogens is 316 g/mol. The van der Waals surface area contributed by atoms with Crippen molar-refractivity contribution >= 4 is 18.3 Å². The highest BCUT2D eigenvalue weighted by Crippen LogP contribution is 2.50. The van der Waals surface area contributed by atoms with Gasteiger partial charge >= 0.3 is 0 Å². The highest BCUT2D eigenvalue weighted by molar-refractivity contribution is 5.89. The molecular formula is C17H31ClN2O3. The molecule has 0 aromatic heterocycles. The largest absolute Gasteiger partial charge is 0.378 e. The summed E-state index contributed by atoms with van der Waals surface area (Å²) in [5, 5.41) is 3.25. The van der Waals surface area contributed by atoms with Crippen LogP contribution in [0.25, 0.3) is 0 Å². The fourth-order valence-corrected chi connectivity index (χ4v) is 4.47. The summed E-state index contributed by atoms with van der Waals surface area (Å²) in [6, 6.07) is 0.219. The molecule has 23 heavy (non-hydrogen) atoms. The lowest BCUT2D eigenvalue weighted by atomic mass is 9.54. The number of fused-ring (bicyclic) bond motifs is 1. The van der Waals surface area contributed by atoms with Gasteiger partial charge in [-0.1, -0.05) is 13.8 Å². The van der Waals surface area contributed by atoms with Gasteiger partial charge in [-0.25, -0.2) is 0 Å². The molecule has 1 heterocycles. The topological polar surface area (TPSA) is 73.6 Å². The lowest BCUT2D eigenvalue weighted by Crippen LogP contribution is -2.76. The van der Waals surface area contributed by atoms with E-state index in [1.807, 2.05) is 20.8 Å². The van der Waals surface area contributed by atoms with Crippen molar-refractivity contribution in [1.82, 2.24) is 5.32 Å². The third-order valence-electron chi connectivity index (χ3n) is 6.33. The van der Waals surface area contributed by atoms with E-state index in [1.165, 1.54) is 0 Å². The third kappa shape index (κ3) is 3.01. The van der Waals surface area contributed by atoms with E-state index in [9.17, 15) is 4.79 Å². The zero-order chi connectivity index (χ0) is 16.0. The lowest BCUT2D eigenvalue weighted by molar-refractivity contribution is -0.171. The van der Waals surface area contributed by atoms with Crippen molar-refractivity contribution < 1.29 is 14.3 Å². The maximum absolute atomic E-state index is 12.8. The molecule has 5 nitrogen and oxygen atoms in total. The Labute approximate surface area is 145 Å². The highest BCUT2D eigenvalue weighted by Gasteiger charge is 2.63. The van der Waals surface area contributed by atoms with Crippen LogP contribution < -0.4 is 11.1 Å². The zero-order valence-electron chi connectivity index (χ0n) is 14.5. The van der Waals surface area contributed by atoms with Crippen LogP contribution >= 0.6 is 12.4 Å². The summed E-state index contributed by atoms with van der Waals surface area (Å²) in [5.74, 6) is 0.457. The van der Waals surface area contributed by atoms with Gasteiger partial charge in [-0.3, -0.25) is 4.79 Å². The summed E-state index contributed by atoms with van der Waals surface area (Å²) in [5.41, 5.74) is 5.33. The summed E-state index contributed by atoms with van der Waals surface area (Å²) < 4.78 is 11.5. The number of rotatable bonds is 4. The molecule has 1 saturated heterocycles. The van der Waals surface area contributed by atoms with Gasteiger partial charge in [0, 0.05) is 37.0 Å². The molecule has 134 valence electrons. The minimum absolute atomic E-state index is 0. The van der Waals surface area contributed by atoms with Crippen molar-refractivity contribution in [3.05, 3.63) is 0 Å². The summed E-state index contributed by atoms with van der Waals surface area (Å²) in [7, 11) is 0. The van der Waals surface area contributed by atoms with Gasteiger partial charge in [-0.2, -0.15) is 0 Å². The van der Waals surface area contributed by atoms with E-state index in [-0.39, 0.29) is 35.9 Å². The number of carbonyl (C=O) groups excluding carboxylic acids is 1. The fraction of sp³-hybridized carbons (Fsp3) is 0.941. The van der Waals surface area contributed by atoms with Crippen LogP contribution in [0.3, 0.4) is 0 Å². The van der Waals surface area contributed by atoms with Gasteiger partial charge < -0.3 is 20.5 Å². The molecule has 0 spiro atoms. The summed E-state index contributed by atoms with van der Waals surface area (Å²) in [4.78, 5) is 12.8. The van der Waals surface area contributed by atoms with Crippen LogP contribution in [0.15, 0.2) is 0 Å². The molecule has 0 aromatic rings. The van der Waals surface area contributed by atoms with Crippen molar-refractivity contribution in [2.75, 3.05) is 13.2 Å². The van der Waals surface area contributed by atoms with Crippen molar-refractivity contribution in [3.8, 4) is 0 Å². The normalized spacial score (nSPS) is 41.4. The predicted molar refractivity (Wildman–Crippen MR) is 91.6 cm³/mol. The number of ether oxygens (including phenoxy) is 2. The second-order valence-corrected chi connectivity index (χ2v) is 7.71. The first-order chi connectivity index (χ1) is 10.4. The van der Waals surface area contributed by atoms with E-state index >= 15 is 0 Å². The first-order valence-corrected chi connectivity index (χ1v) is 8.73. The van der Waals surface area contributed by atoms with Crippen molar-refractivity contribution in [1.29, 1.82) is 0 Å². The third-order valence-corrected chi connectivity index (χ3v) is 6.33. The quantitative estimate of drug-likeness (QED) is 0.816. The molecule has 1 amide bonds. The zero-order valence-corrected chi connectivity index (χ0v) is 15.3. The minimum atomic E-state index is -0.820. The molecule has 3 aliphatic rings. The second-order valence-electron chi connectivity index (χ2n) is 7.71. The number of amides is 1. The Kier molecular flexibility index (Phi) is 5.66. The smallest absolute Gasteiger partial charge is 0.241 e. The van der Waals surface area contributed by atoms with E-state index in [2.05, 4.69) is 5.32 Å². The molecule has 0 bridgehead atoms.